The molecule has 0 N–H and O–H groups in total. The van der Waals surface area contributed by atoms with Crippen LogP contribution in [0, 0.1) is 10.1 Å². The molecule has 0 unspecified atom stereocenters. The molecule has 0 spiro atoms. The van der Waals surface area contributed by atoms with E-state index in [4.69, 9.17) is 11.6 Å². The summed E-state index contributed by atoms with van der Waals surface area (Å²) in [5, 5.41) is 11.3. The fraction of sp³-hybridized carbons (Fsp3) is 0.500. The van der Waals surface area contributed by atoms with Crippen molar-refractivity contribution in [2.75, 3.05) is 0 Å². The van der Waals surface area contributed by atoms with Gasteiger partial charge in [0, 0.05) is 11.6 Å². The van der Waals surface area contributed by atoms with Gasteiger partial charge in [0.15, 0.2) is 0 Å². The second kappa shape index (κ2) is 6.48. The minimum atomic E-state index is -0.360. The van der Waals surface area contributed by atoms with E-state index in [9.17, 15) is 10.1 Å². The quantitative estimate of drug-likeness (QED) is 0.422. The first-order valence-corrected chi connectivity index (χ1v) is 5.96. The molecular weight excluding hydrogens is 226 g/mol. The second-order valence-corrected chi connectivity index (χ2v) is 4.21. The predicted molar refractivity (Wildman–Crippen MR) is 66.0 cm³/mol. The molecule has 4 heteroatoms. The molecule has 16 heavy (non-hydrogen) atoms. The average molecular weight is 242 g/mol. The van der Waals surface area contributed by atoms with Crippen LogP contribution in [0.25, 0.3) is 0 Å². The molecular formula is C12H16ClNO2. The lowest BCUT2D eigenvalue weighted by Gasteiger charge is -2.04. The Hall–Kier alpha value is -1.09. The van der Waals surface area contributed by atoms with Crippen LogP contribution >= 0.6 is 11.6 Å². The van der Waals surface area contributed by atoms with Gasteiger partial charge in [-0.2, -0.15) is 0 Å². The Kier molecular flexibility index (Phi) is 5.26. The van der Waals surface area contributed by atoms with Crippen molar-refractivity contribution in [2.45, 2.75) is 39.0 Å². The standard InChI is InChI=1S/C12H16ClNO2/c1-2-3-4-5-7-10-11(13)8-6-9-12(10)14(15)16/h6,8-9H,2-5,7H2,1H3. The van der Waals surface area contributed by atoms with Gasteiger partial charge in [0.05, 0.1) is 9.95 Å². The van der Waals surface area contributed by atoms with Crippen LogP contribution in [-0.4, -0.2) is 4.92 Å². The van der Waals surface area contributed by atoms with Crippen molar-refractivity contribution < 1.29 is 4.92 Å². The van der Waals surface area contributed by atoms with Gasteiger partial charge in [0.1, 0.15) is 0 Å². The van der Waals surface area contributed by atoms with E-state index in [1.54, 1.807) is 12.1 Å². The molecule has 88 valence electrons. The van der Waals surface area contributed by atoms with Crippen molar-refractivity contribution in [1.29, 1.82) is 0 Å². The van der Waals surface area contributed by atoms with E-state index in [2.05, 4.69) is 6.92 Å². The average Bonchev–Trinajstić information content (AvgIpc) is 2.25. The molecule has 0 amide bonds. The molecule has 1 aromatic rings. The molecule has 0 aliphatic rings. The molecule has 0 aliphatic carbocycles. The van der Waals surface area contributed by atoms with Gasteiger partial charge >= 0.3 is 0 Å². The first kappa shape index (κ1) is 13.0. The Morgan fingerprint density at radius 3 is 2.69 bits per heavy atom. The van der Waals surface area contributed by atoms with Crippen molar-refractivity contribution in [2.24, 2.45) is 0 Å². The van der Waals surface area contributed by atoms with E-state index in [-0.39, 0.29) is 10.6 Å². The molecule has 0 fully saturated rings. The van der Waals surface area contributed by atoms with Gasteiger partial charge in [-0.1, -0.05) is 43.9 Å². The second-order valence-electron chi connectivity index (χ2n) is 3.81. The zero-order chi connectivity index (χ0) is 12.0. The summed E-state index contributed by atoms with van der Waals surface area (Å²) in [5.41, 5.74) is 0.814. The molecule has 0 saturated carbocycles. The monoisotopic (exact) mass is 241 g/mol. The lowest BCUT2D eigenvalue weighted by Crippen LogP contribution is -1.96. The summed E-state index contributed by atoms with van der Waals surface area (Å²) >= 11 is 5.98. The van der Waals surface area contributed by atoms with Crippen molar-refractivity contribution in [3.05, 3.63) is 38.9 Å². The first-order valence-electron chi connectivity index (χ1n) is 5.58. The van der Waals surface area contributed by atoms with Crippen molar-refractivity contribution in [3.8, 4) is 0 Å². The van der Waals surface area contributed by atoms with Crippen molar-refractivity contribution in [3.63, 3.8) is 0 Å². The number of benzene rings is 1. The Balaban J connectivity index is 2.73. The molecule has 0 radical (unpaired) electrons. The topological polar surface area (TPSA) is 43.1 Å². The number of unbranched alkanes of at least 4 members (excludes halogenated alkanes) is 3. The highest BCUT2D eigenvalue weighted by Gasteiger charge is 2.15. The zero-order valence-corrected chi connectivity index (χ0v) is 10.2. The van der Waals surface area contributed by atoms with E-state index < -0.39 is 0 Å². The maximum atomic E-state index is 10.8. The fourth-order valence-corrected chi connectivity index (χ4v) is 1.96. The highest BCUT2D eigenvalue weighted by molar-refractivity contribution is 6.31. The highest BCUT2D eigenvalue weighted by atomic mass is 35.5. The largest absolute Gasteiger partial charge is 0.274 e. The molecule has 0 heterocycles. The van der Waals surface area contributed by atoms with Gasteiger partial charge in [-0.05, 0) is 18.9 Å². The van der Waals surface area contributed by atoms with Crippen LogP contribution in [0.2, 0.25) is 5.02 Å². The first-order chi connectivity index (χ1) is 7.66. The SMILES string of the molecule is CCCCCCc1c(Cl)cccc1[N+](=O)[O-]. The number of nitro groups is 1. The summed E-state index contributed by atoms with van der Waals surface area (Å²) in [6, 6.07) is 4.85. The molecule has 0 aromatic heterocycles. The van der Waals surface area contributed by atoms with E-state index in [1.807, 2.05) is 0 Å². The van der Waals surface area contributed by atoms with Gasteiger partial charge < -0.3 is 0 Å². The summed E-state index contributed by atoms with van der Waals surface area (Å²) in [6.07, 6.45) is 5.07. The summed E-state index contributed by atoms with van der Waals surface area (Å²) in [6.45, 7) is 2.14. The third kappa shape index (κ3) is 3.49. The fourth-order valence-electron chi connectivity index (χ4n) is 1.69. The molecule has 1 aromatic carbocycles. The summed E-state index contributed by atoms with van der Waals surface area (Å²) < 4.78 is 0. The van der Waals surface area contributed by atoms with Gasteiger partial charge in [-0.15, -0.1) is 0 Å². The summed E-state index contributed by atoms with van der Waals surface area (Å²) in [7, 11) is 0. The Morgan fingerprint density at radius 2 is 2.06 bits per heavy atom. The van der Waals surface area contributed by atoms with Crippen LogP contribution in [0.1, 0.15) is 38.2 Å². The van der Waals surface area contributed by atoms with Gasteiger partial charge in [0.25, 0.3) is 5.69 Å². The third-order valence-electron chi connectivity index (χ3n) is 2.57. The summed E-state index contributed by atoms with van der Waals surface area (Å²) in [4.78, 5) is 10.4. The van der Waals surface area contributed by atoms with Crippen LogP contribution in [-0.2, 0) is 6.42 Å². The third-order valence-corrected chi connectivity index (χ3v) is 2.93. The maximum absolute atomic E-state index is 10.8. The number of halogens is 1. The van der Waals surface area contributed by atoms with Gasteiger partial charge in [-0.3, -0.25) is 10.1 Å². The van der Waals surface area contributed by atoms with E-state index in [0.717, 1.165) is 25.7 Å². The molecule has 3 nitrogen and oxygen atoms in total. The Bertz CT molecular complexity index is 366. The van der Waals surface area contributed by atoms with Crippen LogP contribution in [0.4, 0.5) is 5.69 Å². The Morgan fingerprint density at radius 1 is 1.31 bits per heavy atom. The van der Waals surface area contributed by atoms with Crippen LogP contribution in [0.3, 0.4) is 0 Å². The summed E-state index contributed by atoms with van der Waals surface area (Å²) in [5.74, 6) is 0. The van der Waals surface area contributed by atoms with Gasteiger partial charge in [-0.25, -0.2) is 0 Å². The number of rotatable bonds is 6. The van der Waals surface area contributed by atoms with E-state index >= 15 is 0 Å². The Labute approximate surface area is 101 Å². The van der Waals surface area contributed by atoms with E-state index in [0.29, 0.717) is 17.0 Å². The number of nitrogens with zero attached hydrogens (tertiary/aromatic N) is 1. The number of hydrogen-bond donors (Lipinski definition) is 0. The zero-order valence-electron chi connectivity index (χ0n) is 9.41. The maximum Gasteiger partial charge on any atom is 0.274 e. The van der Waals surface area contributed by atoms with Crippen LogP contribution in [0.15, 0.2) is 18.2 Å². The molecule has 0 aliphatic heterocycles. The lowest BCUT2D eigenvalue weighted by atomic mass is 10.0. The number of hydrogen-bond acceptors (Lipinski definition) is 2. The minimum absolute atomic E-state index is 0.143. The van der Waals surface area contributed by atoms with Crippen molar-refractivity contribution >= 4 is 17.3 Å². The normalized spacial score (nSPS) is 10.4. The highest BCUT2D eigenvalue weighted by Crippen LogP contribution is 2.27. The molecule has 0 atom stereocenters. The van der Waals surface area contributed by atoms with Crippen molar-refractivity contribution in [1.82, 2.24) is 0 Å². The smallest absolute Gasteiger partial charge is 0.258 e. The van der Waals surface area contributed by atoms with Crippen LogP contribution < -0.4 is 0 Å². The number of nitro benzene ring substituents is 1. The van der Waals surface area contributed by atoms with E-state index in [1.165, 1.54) is 6.07 Å². The predicted octanol–water partition coefficient (Wildman–Crippen LogP) is 4.37. The lowest BCUT2D eigenvalue weighted by molar-refractivity contribution is -0.385. The van der Waals surface area contributed by atoms with Gasteiger partial charge in [0.2, 0.25) is 0 Å². The molecule has 0 saturated heterocycles. The minimum Gasteiger partial charge on any atom is -0.258 e. The van der Waals surface area contributed by atoms with Crippen LogP contribution in [0.5, 0.6) is 0 Å². The molecule has 0 bridgehead atoms. The molecule has 1 rings (SSSR count).